The average Bonchev–Trinajstić information content (AvgIpc) is 2.92. The predicted molar refractivity (Wildman–Crippen MR) is 90.9 cm³/mol. The lowest BCUT2D eigenvalue weighted by molar-refractivity contribution is -0.132. The van der Waals surface area contributed by atoms with Crippen molar-refractivity contribution in [2.75, 3.05) is 27.0 Å². The molecule has 0 aromatic heterocycles. The molecule has 1 aromatic rings. The Kier molecular flexibility index (Phi) is 7.48. The number of carbonyl (C=O) groups is 1. The van der Waals surface area contributed by atoms with Gasteiger partial charge in [0, 0.05) is 25.0 Å². The molecule has 1 aromatic carbocycles. The average molecular weight is 347 g/mol. The summed E-state index contributed by atoms with van der Waals surface area (Å²) in [5, 5.41) is 12.5. The quantitative estimate of drug-likeness (QED) is 0.792. The second-order valence-electron chi connectivity index (χ2n) is 5.23. The van der Waals surface area contributed by atoms with Crippen molar-refractivity contribution in [2.45, 2.75) is 30.0 Å². The first kappa shape index (κ1) is 19.1. The summed E-state index contributed by atoms with van der Waals surface area (Å²) in [6.45, 7) is 1.01. The molecule has 1 saturated heterocycles. The van der Waals surface area contributed by atoms with Crippen molar-refractivity contribution in [3.8, 4) is 5.75 Å². The van der Waals surface area contributed by atoms with Crippen molar-refractivity contribution >= 4 is 30.1 Å². The SMILES string of the molecule is COc1cc(CN(C)C(=O)C2CC(O)CN2)ccc1SC.Cl. The van der Waals surface area contributed by atoms with Crippen LogP contribution in [0.1, 0.15) is 12.0 Å². The minimum absolute atomic E-state index is 0. The number of carbonyl (C=O) groups excluding carboxylic acids is 1. The summed E-state index contributed by atoms with van der Waals surface area (Å²) in [7, 11) is 3.43. The molecule has 22 heavy (non-hydrogen) atoms. The first-order valence-electron chi connectivity index (χ1n) is 6.92. The van der Waals surface area contributed by atoms with Crippen LogP contribution in [-0.4, -0.2) is 55.0 Å². The number of nitrogens with zero attached hydrogens (tertiary/aromatic N) is 1. The predicted octanol–water partition coefficient (Wildman–Crippen LogP) is 1.52. The van der Waals surface area contributed by atoms with Crippen molar-refractivity contribution in [1.82, 2.24) is 10.2 Å². The van der Waals surface area contributed by atoms with Crippen molar-refractivity contribution in [1.29, 1.82) is 0 Å². The number of hydrogen-bond donors (Lipinski definition) is 2. The fourth-order valence-corrected chi connectivity index (χ4v) is 3.05. The molecule has 2 N–H and O–H groups in total. The lowest BCUT2D eigenvalue weighted by Crippen LogP contribution is -2.41. The van der Waals surface area contributed by atoms with Crippen LogP contribution >= 0.6 is 24.2 Å². The molecule has 5 nitrogen and oxygen atoms in total. The molecule has 2 atom stereocenters. The fourth-order valence-electron chi connectivity index (χ4n) is 2.50. The zero-order valence-corrected chi connectivity index (χ0v) is 14.7. The Bertz CT molecular complexity index is 516. The highest BCUT2D eigenvalue weighted by atomic mass is 35.5. The number of halogens is 1. The van der Waals surface area contributed by atoms with Crippen LogP contribution in [0, 0.1) is 0 Å². The van der Waals surface area contributed by atoms with Gasteiger partial charge in [-0.25, -0.2) is 0 Å². The highest BCUT2D eigenvalue weighted by molar-refractivity contribution is 7.98. The fraction of sp³-hybridized carbons (Fsp3) is 0.533. The topological polar surface area (TPSA) is 61.8 Å². The van der Waals surface area contributed by atoms with Gasteiger partial charge in [-0.2, -0.15) is 0 Å². The van der Waals surface area contributed by atoms with Crippen LogP contribution in [0.2, 0.25) is 0 Å². The van der Waals surface area contributed by atoms with E-state index in [2.05, 4.69) is 5.32 Å². The van der Waals surface area contributed by atoms with Gasteiger partial charge >= 0.3 is 0 Å². The van der Waals surface area contributed by atoms with Crippen molar-refractivity contribution in [3.63, 3.8) is 0 Å². The maximum Gasteiger partial charge on any atom is 0.239 e. The lowest BCUT2D eigenvalue weighted by Gasteiger charge is -2.21. The van der Waals surface area contributed by atoms with Crippen LogP contribution in [-0.2, 0) is 11.3 Å². The molecule has 0 aliphatic carbocycles. The minimum atomic E-state index is -0.423. The number of thioether (sulfide) groups is 1. The minimum Gasteiger partial charge on any atom is -0.496 e. The van der Waals surface area contributed by atoms with Gasteiger partial charge in [0.05, 0.1) is 19.3 Å². The molecule has 124 valence electrons. The third-order valence-corrected chi connectivity index (χ3v) is 4.43. The molecule has 1 heterocycles. The van der Waals surface area contributed by atoms with E-state index >= 15 is 0 Å². The highest BCUT2D eigenvalue weighted by Crippen LogP contribution is 2.28. The number of ether oxygens (including phenoxy) is 1. The summed E-state index contributed by atoms with van der Waals surface area (Å²) >= 11 is 1.63. The molecule has 0 radical (unpaired) electrons. The van der Waals surface area contributed by atoms with Gasteiger partial charge < -0.3 is 20.1 Å². The van der Waals surface area contributed by atoms with Crippen LogP contribution in [0.3, 0.4) is 0 Å². The summed E-state index contributed by atoms with van der Waals surface area (Å²) < 4.78 is 5.36. The van der Waals surface area contributed by atoms with E-state index in [0.29, 0.717) is 19.5 Å². The van der Waals surface area contributed by atoms with Crippen molar-refractivity contribution < 1.29 is 14.6 Å². The number of hydrogen-bond acceptors (Lipinski definition) is 5. The first-order chi connectivity index (χ1) is 10.0. The third kappa shape index (κ3) is 4.52. The summed E-state index contributed by atoms with van der Waals surface area (Å²) in [6, 6.07) is 5.70. The summed E-state index contributed by atoms with van der Waals surface area (Å²) in [4.78, 5) is 15.1. The molecule has 0 bridgehead atoms. The second-order valence-corrected chi connectivity index (χ2v) is 6.08. The monoisotopic (exact) mass is 346 g/mol. The Morgan fingerprint density at radius 2 is 2.27 bits per heavy atom. The van der Waals surface area contributed by atoms with Gasteiger partial charge in [0.25, 0.3) is 0 Å². The van der Waals surface area contributed by atoms with Crippen LogP contribution in [0.15, 0.2) is 23.1 Å². The van der Waals surface area contributed by atoms with Crippen LogP contribution in [0.25, 0.3) is 0 Å². The van der Waals surface area contributed by atoms with Crippen molar-refractivity contribution in [3.05, 3.63) is 23.8 Å². The Hall–Kier alpha value is -0.950. The molecular formula is C15H23ClN2O3S. The normalized spacial score (nSPS) is 20.4. The lowest BCUT2D eigenvalue weighted by atomic mass is 10.1. The Balaban J connectivity index is 0.00000242. The number of likely N-dealkylation sites (N-methyl/N-ethyl adjacent to an activating group) is 1. The number of aliphatic hydroxyl groups excluding tert-OH is 1. The van der Waals surface area contributed by atoms with Gasteiger partial charge in [-0.1, -0.05) is 6.07 Å². The largest absolute Gasteiger partial charge is 0.496 e. The number of rotatable bonds is 5. The highest BCUT2D eigenvalue weighted by Gasteiger charge is 2.30. The third-order valence-electron chi connectivity index (χ3n) is 3.65. The number of methoxy groups -OCH3 is 1. The maximum atomic E-state index is 12.3. The van der Waals surface area contributed by atoms with Gasteiger partial charge in [-0.05, 0) is 30.4 Å². The van der Waals surface area contributed by atoms with E-state index in [4.69, 9.17) is 4.74 Å². The molecule has 2 unspecified atom stereocenters. The van der Waals surface area contributed by atoms with Crippen LogP contribution in [0.5, 0.6) is 5.75 Å². The zero-order chi connectivity index (χ0) is 15.4. The summed E-state index contributed by atoms with van der Waals surface area (Å²) in [5.41, 5.74) is 1.03. The summed E-state index contributed by atoms with van der Waals surface area (Å²) in [5.74, 6) is 0.842. The van der Waals surface area contributed by atoms with Gasteiger partial charge in [-0.3, -0.25) is 4.79 Å². The number of β-amino-alcohol motifs (C(OH)–C–C–N with tert-alkyl or cyclic N) is 1. The van der Waals surface area contributed by atoms with E-state index in [0.717, 1.165) is 16.2 Å². The van der Waals surface area contributed by atoms with Gasteiger partial charge in [0.15, 0.2) is 0 Å². The molecule has 0 spiro atoms. The molecule has 1 fully saturated rings. The first-order valence-corrected chi connectivity index (χ1v) is 8.15. The molecule has 1 aliphatic rings. The molecular weight excluding hydrogens is 324 g/mol. The standard InChI is InChI=1S/C15H22N2O3S.ClH/c1-17(15(19)12-7-11(18)8-16-12)9-10-4-5-14(21-3)13(6-10)20-2;/h4-6,11-12,16,18H,7-9H2,1-3H3;1H. The molecule has 0 saturated carbocycles. The smallest absolute Gasteiger partial charge is 0.239 e. The molecule has 1 amide bonds. The van der Waals surface area contributed by atoms with Gasteiger partial charge in [-0.15, -0.1) is 24.2 Å². The molecule has 1 aliphatic heterocycles. The zero-order valence-electron chi connectivity index (χ0n) is 13.0. The van der Waals surface area contributed by atoms with E-state index < -0.39 is 6.10 Å². The van der Waals surface area contributed by atoms with E-state index in [9.17, 15) is 9.90 Å². The van der Waals surface area contributed by atoms with Gasteiger partial charge in [0.1, 0.15) is 5.75 Å². The Morgan fingerprint density at radius 1 is 1.55 bits per heavy atom. The van der Waals surface area contributed by atoms with Crippen LogP contribution in [0.4, 0.5) is 0 Å². The number of nitrogens with one attached hydrogen (secondary N) is 1. The van der Waals surface area contributed by atoms with Crippen molar-refractivity contribution in [2.24, 2.45) is 0 Å². The van der Waals surface area contributed by atoms with E-state index in [1.807, 2.05) is 24.5 Å². The second kappa shape index (κ2) is 8.62. The molecule has 2 rings (SSSR count). The van der Waals surface area contributed by atoms with E-state index in [1.54, 1.807) is 30.8 Å². The van der Waals surface area contributed by atoms with Crippen LogP contribution < -0.4 is 10.1 Å². The number of aliphatic hydroxyl groups is 1. The maximum absolute atomic E-state index is 12.3. The Labute approximate surface area is 141 Å². The number of amides is 1. The number of benzene rings is 1. The molecule has 7 heteroatoms. The van der Waals surface area contributed by atoms with Gasteiger partial charge in [0.2, 0.25) is 5.91 Å². The van der Waals surface area contributed by atoms with E-state index in [-0.39, 0.29) is 24.4 Å². The summed E-state index contributed by atoms with van der Waals surface area (Å²) in [6.07, 6.45) is 2.07. The Morgan fingerprint density at radius 3 is 2.82 bits per heavy atom. The van der Waals surface area contributed by atoms with E-state index in [1.165, 1.54) is 0 Å².